The minimum absolute atomic E-state index is 0.168. The molecule has 2 aromatic carbocycles. The van der Waals surface area contributed by atoms with Crippen LogP contribution in [0.25, 0.3) is 0 Å². The third-order valence-electron chi connectivity index (χ3n) is 3.94. The maximum Gasteiger partial charge on any atom is 0.240 e. The summed E-state index contributed by atoms with van der Waals surface area (Å²) in [6.07, 6.45) is 0.542. The minimum Gasteiger partial charge on any atom is -0.326 e. The highest BCUT2D eigenvalue weighted by atomic mass is 32.2. The molecule has 2 rings (SSSR count). The number of anilines is 1. The van der Waals surface area contributed by atoms with Crippen LogP contribution in [-0.4, -0.2) is 20.9 Å². The molecule has 7 heteroatoms. The summed E-state index contributed by atoms with van der Waals surface area (Å²) in [5, 5.41) is 11.5. The fourth-order valence-electron chi connectivity index (χ4n) is 2.31. The first-order valence-electron chi connectivity index (χ1n) is 8.19. The molecule has 0 unspecified atom stereocenters. The summed E-state index contributed by atoms with van der Waals surface area (Å²) in [7, 11) is -3.58. The number of carbonyl (C=O) groups excluding carboxylic acids is 1. The summed E-state index contributed by atoms with van der Waals surface area (Å²) < 4.78 is 27.0. The average Bonchev–Trinajstić information content (AvgIpc) is 2.61. The van der Waals surface area contributed by atoms with Crippen LogP contribution in [0.5, 0.6) is 0 Å². The molecule has 0 bridgehead atoms. The molecule has 0 fully saturated rings. The summed E-state index contributed by atoms with van der Waals surface area (Å²) in [6.45, 7) is 3.95. The highest BCUT2D eigenvalue weighted by molar-refractivity contribution is 7.89. The highest BCUT2D eigenvalue weighted by Gasteiger charge is 2.14. The van der Waals surface area contributed by atoms with Crippen LogP contribution in [0, 0.1) is 25.2 Å². The normalized spacial score (nSPS) is 11.0. The molecule has 0 aliphatic heterocycles. The van der Waals surface area contributed by atoms with Crippen LogP contribution < -0.4 is 10.0 Å². The molecule has 0 saturated heterocycles. The molecule has 0 aliphatic carbocycles. The molecule has 0 spiro atoms. The SMILES string of the molecule is Cc1ccc(S(=O)(=O)NCCCC(=O)Nc2cccc(C#N)c2)cc1C. The molecular weight excluding hydrogens is 350 g/mol. The molecule has 0 atom stereocenters. The lowest BCUT2D eigenvalue weighted by Gasteiger charge is -2.09. The lowest BCUT2D eigenvalue weighted by molar-refractivity contribution is -0.116. The van der Waals surface area contributed by atoms with E-state index in [1.54, 1.807) is 42.5 Å². The molecular formula is C19H21N3O3S. The van der Waals surface area contributed by atoms with Crippen molar-refractivity contribution in [3.63, 3.8) is 0 Å². The molecule has 0 aromatic heterocycles. The number of sulfonamides is 1. The Balaban J connectivity index is 1.82. The van der Waals surface area contributed by atoms with Crippen molar-refractivity contribution >= 4 is 21.6 Å². The van der Waals surface area contributed by atoms with Crippen LogP contribution in [0.3, 0.4) is 0 Å². The zero-order valence-corrected chi connectivity index (χ0v) is 15.6. The van der Waals surface area contributed by atoms with Crippen LogP contribution in [0.4, 0.5) is 5.69 Å². The Morgan fingerprint density at radius 1 is 1.12 bits per heavy atom. The maximum absolute atomic E-state index is 12.3. The number of hydrogen-bond donors (Lipinski definition) is 2. The van der Waals surface area contributed by atoms with Gasteiger partial charge in [-0.2, -0.15) is 5.26 Å². The van der Waals surface area contributed by atoms with Crippen LogP contribution in [-0.2, 0) is 14.8 Å². The van der Waals surface area contributed by atoms with Crippen molar-refractivity contribution in [1.29, 1.82) is 5.26 Å². The molecule has 2 aromatic rings. The molecule has 0 aliphatic rings. The Morgan fingerprint density at radius 2 is 1.88 bits per heavy atom. The highest BCUT2D eigenvalue weighted by Crippen LogP contribution is 2.14. The van der Waals surface area contributed by atoms with Gasteiger partial charge in [-0.05, 0) is 61.7 Å². The number of carbonyl (C=O) groups is 1. The van der Waals surface area contributed by atoms with Gasteiger partial charge in [0.2, 0.25) is 15.9 Å². The van der Waals surface area contributed by atoms with Crippen LogP contribution >= 0.6 is 0 Å². The van der Waals surface area contributed by atoms with Crippen molar-refractivity contribution in [3.05, 3.63) is 59.2 Å². The van der Waals surface area contributed by atoms with E-state index < -0.39 is 10.0 Å². The lowest BCUT2D eigenvalue weighted by Crippen LogP contribution is -2.26. The van der Waals surface area contributed by atoms with Gasteiger partial charge in [0, 0.05) is 18.7 Å². The van der Waals surface area contributed by atoms with E-state index in [9.17, 15) is 13.2 Å². The Kier molecular flexibility index (Phi) is 6.50. The molecule has 0 saturated carbocycles. The van der Waals surface area contributed by atoms with E-state index in [4.69, 9.17) is 5.26 Å². The number of aryl methyl sites for hydroxylation is 2. The lowest BCUT2D eigenvalue weighted by atomic mass is 10.1. The molecule has 6 nitrogen and oxygen atoms in total. The first-order chi connectivity index (χ1) is 12.3. The van der Waals surface area contributed by atoms with E-state index in [2.05, 4.69) is 10.0 Å². The number of benzene rings is 2. The zero-order valence-electron chi connectivity index (χ0n) is 14.7. The number of nitrogens with one attached hydrogen (secondary N) is 2. The monoisotopic (exact) mass is 371 g/mol. The van der Waals surface area contributed by atoms with Gasteiger partial charge in [-0.25, -0.2) is 13.1 Å². The first kappa shape index (κ1) is 19.6. The van der Waals surface area contributed by atoms with E-state index in [1.807, 2.05) is 19.9 Å². The summed E-state index contributed by atoms with van der Waals surface area (Å²) in [5.74, 6) is -0.231. The average molecular weight is 371 g/mol. The molecule has 1 amide bonds. The zero-order chi connectivity index (χ0) is 19.2. The Hall–Kier alpha value is -2.69. The van der Waals surface area contributed by atoms with Crippen LogP contribution in [0.15, 0.2) is 47.4 Å². The maximum atomic E-state index is 12.3. The molecule has 0 radical (unpaired) electrons. The molecule has 0 heterocycles. The quantitative estimate of drug-likeness (QED) is 0.731. The number of rotatable bonds is 7. The fourth-order valence-corrected chi connectivity index (χ4v) is 3.47. The van der Waals surface area contributed by atoms with Gasteiger partial charge in [-0.1, -0.05) is 12.1 Å². The van der Waals surface area contributed by atoms with Crippen molar-refractivity contribution in [2.75, 3.05) is 11.9 Å². The second-order valence-corrected chi connectivity index (χ2v) is 7.76. The van der Waals surface area contributed by atoms with E-state index in [0.29, 0.717) is 17.7 Å². The van der Waals surface area contributed by atoms with Crippen LogP contribution in [0.2, 0.25) is 0 Å². The van der Waals surface area contributed by atoms with Crippen molar-refractivity contribution in [2.45, 2.75) is 31.6 Å². The summed E-state index contributed by atoms with van der Waals surface area (Å²) >= 11 is 0. The van der Waals surface area contributed by atoms with E-state index in [-0.39, 0.29) is 23.8 Å². The number of nitriles is 1. The van der Waals surface area contributed by atoms with Gasteiger partial charge in [0.25, 0.3) is 0 Å². The minimum atomic E-state index is -3.58. The second-order valence-electron chi connectivity index (χ2n) is 5.99. The molecule has 136 valence electrons. The Bertz CT molecular complexity index is 947. The number of hydrogen-bond acceptors (Lipinski definition) is 4. The number of nitrogens with zero attached hydrogens (tertiary/aromatic N) is 1. The van der Waals surface area contributed by atoms with Crippen molar-refractivity contribution < 1.29 is 13.2 Å². The number of amides is 1. The summed E-state index contributed by atoms with van der Waals surface area (Å²) in [4.78, 5) is 12.1. The van der Waals surface area contributed by atoms with Crippen molar-refractivity contribution in [3.8, 4) is 6.07 Å². The van der Waals surface area contributed by atoms with E-state index in [0.717, 1.165) is 11.1 Å². The van der Waals surface area contributed by atoms with Gasteiger partial charge in [0.1, 0.15) is 0 Å². The first-order valence-corrected chi connectivity index (χ1v) is 9.67. The smallest absolute Gasteiger partial charge is 0.240 e. The molecule has 2 N–H and O–H groups in total. The van der Waals surface area contributed by atoms with Gasteiger partial charge < -0.3 is 5.32 Å². The summed E-state index contributed by atoms with van der Waals surface area (Å²) in [5.41, 5.74) is 2.95. The predicted octanol–water partition coefficient (Wildman–Crippen LogP) is 2.87. The van der Waals surface area contributed by atoms with Crippen LogP contribution in [0.1, 0.15) is 29.5 Å². The standard InChI is InChI=1S/C19H21N3O3S/c1-14-8-9-18(11-15(14)2)26(24,25)21-10-4-7-19(23)22-17-6-3-5-16(12-17)13-20/h3,5-6,8-9,11-12,21H,4,7,10H2,1-2H3,(H,22,23). The van der Waals surface area contributed by atoms with Crippen molar-refractivity contribution in [1.82, 2.24) is 4.72 Å². The van der Waals surface area contributed by atoms with Gasteiger partial charge in [0.15, 0.2) is 0 Å². The fraction of sp³-hybridized carbons (Fsp3) is 0.263. The predicted molar refractivity (Wildman–Crippen MR) is 100 cm³/mol. The van der Waals surface area contributed by atoms with Gasteiger partial charge in [-0.3, -0.25) is 4.79 Å². The molecule has 26 heavy (non-hydrogen) atoms. The van der Waals surface area contributed by atoms with Crippen molar-refractivity contribution in [2.24, 2.45) is 0 Å². The van der Waals surface area contributed by atoms with Gasteiger partial charge in [-0.15, -0.1) is 0 Å². The van der Waals surface area contributed by atoms with Gasteiger partial charge >= 0.3 is 0 Å². The van der Waals surface area contributed by atoms with Gasteiger partial charge in [0.05, 0.1) is 16.5 Å². The second kappa shape index (κ2) is 8.61. The van der Waals surface area contributed by atoms with E-state index in [1.165, 1.54) is 0 Å². The Labute approximate surface area is 153 Å². The third kappa shape index (κ3) is 5.41. The largest absolute Gasteiger partial charge is 0.326 e. The third-order valence-corrected chi connectivity index (χ3v) is 5.40. The Morgan fingerprint density at radius 3 is 2.58 bits per heavy atom. The summed E-state index contributed by atoms with van der Waals surface area (Å²) in [6, 6.07) is 13.6. The topological polar surface area (TPSA) is 99.1 Å². The van der Waals surface area contributed by atoms with E-state index >= 15 is 0 Å².